The van der Waals surface area contributed by atoms with E-state index in [-0.39, 0.29) is 0 Å². The molecule has 0 nitrogen and oxygen atoms in total. The van der Waals surface area contributed by atoms with Crippen LogP contribution in [0.2, 0.25) is 0 Å². The molecule has 83 valence electrons. The molecule has 0 saturated carbocycles. The van der Waals surface area contributed by atoms with Gasteiger partial charge in [0.15, 0.2) is 0 Å². The summed E-state index contributed by atoms with van der Waals surface area (Å²) in [5.41, 5.74) is 0. The second kappa shape index (κ2) is 3.58. The van der Waals surface area contributed by atoms with Crippen LogP contribution in [-0.4, -0.2) is 0 Å². The zero-order chi connectivity index (χ0) is 11.9. The summed E-state index contributed by atoms with van der Waals surface area (Å²) in [7, 11) is 0. The fourth-order valence-electron chi connectivity index (χ4n) is 2.62. The molecular weight excluding hydrogens is 216 g/mol. The summed E-state index contributed by atoms with van der Waals surface area (Å²) in [5.74, 6) is 0. The summed E-state index contributed by atoms with van der Waals surface area (Å²) in [6, 6.07) is 26.9. The average molecular weight is 227 g/mol. The molecule has 4 aromatic carbocycles. The molecule has 0 unspecified atom stereocenters. The highest BCUT2D eigenvalue weighted by atomic mass is 14.1. The Bertz CT molecular complexity index is 866. The lowest BCUT2D eigenvalue weighted by Crippen LogP contribution is -1.79. The highest BCUT2D eigenvalue weighted by Crippen LogP contribution is 2.28. The van der Waals surface area contributed by atoms with Crippen molar-refractivity contribution >= 4 is 32.3 Å². The summed E-state index contributed by atoms with van der Waals surface area (Å²) in [5, 5.41) is 7.65. The first-order valence-electron chi connectivity index (χ1n) is 6.14. The summed E-state index contributed by atoms with van der Waals surface area (Å²) in [6.07, 6.45) is 0. The van der Waals surface area contributed by atoms with Crippen LogP contribution >= 0.6 is 0 Å². The number of hydrogen-bond acceptors (Lipinski definition) is 0. The van der Waals surface area contributed by atoms with E-state index in [0.717, 1.165) is 0 Å². The number of fused-ring (bicyclic) bond motifs is 4. The minimum absolute atomic E-state index is 1.18. The van der Waals surface area contributed by atoms with Gasteiger partial charge >= 0.3 is 0 Å². The molecule has 18 heavy (non-hydrogen) atoms. The van der Waals surface area contributed by atoms with E-state index in [1.165, 1.54) is 32.3 Å². The molecule has 0 aliphatic heterocycles. The van der Waals surface area contributed by atoms with Gasteiger partial charge in [0.05, 0.1) is 0 Å². The number of rotatable bonds is 0. The zero-order valence-electron chi connectivity index (χ0n) is 9.85. The third-order valence-electron chi connectivity index (χ3n) is 3.53. The lowest BCUT2D eigenvalue weighted by atomic mass is 9.98. The quantitative estimate of drug-likeness (QED) is 0.294. The van der Waals surface area contributed by atoms with Crippen molar-refractivity contribution < 1.29 is 0 Å². The summed E-state index contributed by atoms with van der Waals surface area (Å²) < 4.78 is 0. The van der Waals surface area contributed by atoms with Crippen molar-refractivity contribution in [2.24, 2.45) is 0 Å². The van der Waals surface area contributed by atoms with E-state index in [1.54, 1.807) is 0 Å². The van der Waals surface area contributed by atoms with E-state index in [0.29, 0.717) is 0 Å². The molecule has 0 heteroatoms. The van der Waals surface area contributed by atoms with Gasteiger partial charge in [-0.05, 0) is 50.5 Å². The fourth-order valence-corrected chi connectivity index (χ4v) is 2.62. The predicted octanol–water partition coefficient (Wildman–Crippen LogP) is 4.95. The normalized spacial score (nSPS) is 11.3. The van der Waals surface area contributed by atoms with E-state index < -0.39 is 0 Å². The molecule has 0 bridgehead atoms. The lowest BCUT2D eigenvalue weighted by molar-refractivity contribution is 1.76. The van der Waals surface area contributed by atoms with E-state index in [2.05, 4.69) is 60.7 Å². The van der Waals surface area contributed by atoms with Gasteiger partial charge in [0, 0.05) is 0 Å². The molecule has 0 aromatic heterocycles. The Hall–Kier alpha value is -2.34. The molecular formula is C18H11. The first-order chi connectivity index (χ1) is 8.92. The maximum absolute atomic E-state index is 3.29. The van der Waals surface area contributed by atoms with Crippen LogP contribution in [0, 0.1) is 6.07 Å². The van der Waals surface area contributed by atoms with Crippen molar-refractivity contribution in [1.29, 1.82) is 0 Å². The van der Waals surface area contributed by atoms with Crippen LogP contribution in [0.15, 0.2) is 66.7 Å². The van der Waals surface area contributed by atoms with E-state index in [9.17, 15) is 0 Å². The van der Waals surface area contributed by atoms with Crippen LogP contribution in [0.4, 0.5) is 0 Å². The first kappa shape index (κ1) is 9.67. The lowest BCUT2D eigenvalue weighted by Gasteiger charge is -2.05. The monoisotopic (exact) mass is 227 g/mol. The van der Waals surface area contributed by atoms with E-state index in [1.807, 2.05) is 12.1 Å². The standard InChI is InChI=1S/C18H11/c1-2-7-15-12-18-16(11-14(15)6-1)10-9-13-5-3-4-8-17(13)18/h1-5,7-12H. The largest absolute Gasteiger partial charge is 0.0616 e. The van der Waals surface area contributed by atoms with Gasteiger partial charge in [0.1, 0.15) is 0 Å². The van der Waals surface area contributed by atoms with Gasteiger partial charge in [0.25, 0.3) is 0 Å². The van der Waals surface area contributed by atoms with Crippen LogP contribution in [-0.2, 0) is 0 Å². The number of benzene rings is 4. The van der Waals surface area contributed by atoms with Crippen molar-refractivity contribution in [3.63, 3.8) is 0 Å². The molecule has 0 atom stereocenters. The Morgan fingerprint density at radius 3 is 2.44 bits per heavy atom. The third-order valence-corrected chi connectivity index (χ3v) is 3.53. The van der Waals surface area contributed by atoms with Crippen LogP contribution < -0.4 is 0 Å². The van der Waals surface area contributed by atoms with Crippen molar-refractivity contribution in [2.75, 3.05) is 0 Å². The van der Waals surface area contributed by atoms with Gasteiger partial charge in [-0.3, -0.25) is 0 Å². The van der Waals surface area contributed by atoms with Crippen molar-refractivity contribution in [1.82, 2.24) is 0 Å². The SMILES string of the molecule is [c]1cccc2cc3c(ccc4ccccc43)cc12. The second-order valence-corrected chi connectivity index (χ2v) is 4.62. The minimum Gasteiger partial charge on any atom is -0.0616 e. The first-order valence-corrected chi connectivity index (χ1v) is 6.14. The Morgan fingerprint density at radius 1 is 0.611 bits per heavy atom. The Morgan fingerprint density at radius 2 is 1.44 bits per heavy atom. The van der Waals surface area contributed by atoms with E-state index in [4.69, 9.17) is 0 Å². The van der Waals surface area contributed by atoms with Gasteiger partial charge in [-0.1, -0.05) is 54.6 Å². The molecule has 4 aromatic rings. The van der Waals surface area contributed by atoms with Crippen molar-refractivity contribution in [2.45, 2.75) is 0 Å². The Kier molecular flexibility index (Phi) is 1.92. The molecule has 0 fully saturated rings. The van der Waals surface area contributed by atoms with Crippen molar-refractivity contribution in [3.05, 3.63) is 72.8 Å². The average Bonchev–Trinajstić information content (AvgIpc) is 2.45. The summed E-state index contributed by atoms with van der Waals surface area (Å²) in [6.45, 7) is 0. The molecule has 0 saturated heterocycles. The van der Waals surface area contributed by atoms with Crippen LogP contribution in [0.5, 0.6) is 0 Å². The van der Waals surface area contributed by atoms with Gasteiger partial charge in [-0.15, -0.1) is 0 Å². The molecule has 0 aliphatic carbocycles. The summed E-state index contributed by atoms with van der Waals surface area (Å²) in [4.78, 5) is 0. The smallest absolute Gasteiger partial charge is 0.00988 e. The van der Waals surface area contributed by atoms with Gasteiger partial charge < -0.3 is 0 Å². The van der Waals surface area contributed by atoms with Gasteiger partial charge in [0.2, 0.25) is 0 Å². The number of hydrogen-bond donors (Lipinski definition) is 0. The van der Waals surface area contributed by atoms with Crippen LogP contribution in [0.25, 0.3) is 32.3 Å². The molecule has 0 heterocycles. The molecule has 1 radical (unpaired) electrons. The highest BCUT2D eigenvalue weighted by molar-refractivity contribution is 6.11. The van der Waals surface area contributed by atoms with E-state index >= 15 is 0 Å². The van der Waals surface area contributed by atoms with Gasteiger partial charge in [-0.25, -0.2) is 0 Å². The maximum atomic E-state index is 3.29. The molecule has 0 spiro atoms. The molecule has 4 rings (SSSR count). The molecule has 0 N–H and O–H groups in total. The van der Waals surface area contributed by atoms with Crippen molar-refractivity contribution in [3.8, 4) is 0 Å². The van der Waals surface area contributed by atoms with Crippen LogP contribution in [0.3, 0.4) is 0 Å². The minimum atomic E-state index is 1.18. The molecule has 0 aliphatic rings. The predicted molar refractivity (Wildman–Crippen MR) is 77.8 cm³/mol. The zero-order valence-corrected chi connectivity index (χ0v) is 9.85. The summed E-state index contributed by atoms with van der Waals surface area (Å²) >= 11 is 0. The van der Waals surface area contributed by atoms with Crippen LogP contribution in [0.1, 0.15) is 0 Å². The second-order valence-electron chi connectivity index (χ2n) is 4.62. The Balaban J connectivity index is 2.27. The van der Waals surface area contributed by atoms with Gasteiger partial charge in [-0.2, -0.15) is 0 Å². The third kappa shape index (κ3) is 1.32. The Labute approximate surface area is 105 Å². The highest BCUT2D eigenvalue weighted by Gasteiger charge is 2.01. The fraction of sp³-hybridized carbons (Fsp3) is 0. The molecule has 0 amide bonds. The maximum Gasteiger partial charge on any atom is -0.00988 e. The topological polar surface area (TPSA) is 0 Å².